The molecular weight excluding hydrogens is 302 g/mol. The van der Waals surface area contributed by atoms with Crippen LogP contribution in [0.5, 0.6) is 0 Å². The molecule has 3 heteroatoms. The highest BCUT2D eigenvalue weighted by Gasteiger charge is 2.31. The topological polar surface area (TPSA) is 20.3 Å². The van der Waals surface area contributed by atoms with Gasteiger partial charge in [0, 0.05) is 22.7 Å². The highest BCUT2D eigenvalue weighted by molar-refractivity contribution is 8.08. The van der Waals surface area contributed by atoms with E-state index in [1.807, 2.05) is 18.2 Å². The summed E-state index contributed by atoms with van der Waals surface area (Å²) in [4.78, 5) is 17.0. The van der Waals surface area contributed by atoms with Gasteiger partial charge < -0.3 is 4.90 Å². The Morgan fingerprint density at radius 2 is 1.91 bits per heavy atom. The molecule has 2 aliphatic heterocycles. The fourth-order valence-corrected chi connectivity index (χ4v) is 4.28. The minimum atomic E-state index is 0.144. The normalized spacial score (nSPS) is 22.5. The molecule has 23 heavy (non-hydrogen) atoms. The number of thioether (sulfide) groups is 1. The van der Waals surface area contributed by atoms with Gasteiger partial charge in [0.25, 0.3) is 0 Å². The van der Waals surface area contributed by atoms with Crippen LogP contribution in [0, 0.1) is 0 Å². The first-order valence-electron chi connectivity index (χ1n) is 7.88. The van der Waals surface area contributed by atoms with Gasteiger partial charge in [-0.1, -0.05) is 60.3 Å². The number of hydrogen-bond acceptors (Lipinski definition) is 3. The number of ketones is 1. The Balaban J connectivity index is 1.81. The summed E-state index contributed by atoms with van der Waals surface area (Å²) in [6.45, 7) is 2.96. The molecule has 0 atom stereocenters. The second-order valence-electron chi connectivity index (χ2n) is 5.60. The highest BCUT2D eigenvalue weighted by atomic mass is 32.2. The maximum atomic E-state index is 12.9. The van der Waals surface area contributed by atoms with E-state index in [4.69, 9.17) is 0 Å². The molecule has 4 rings (SSSR count). The summed E-state index contributed by atoms with van der Waals surface area (Å²) in [5.41, 5.74) is 4.20. The number of nitrogens with zero attached hydrogens (tertiary/aromatic N) is 1. The van der Waals surface area contributed by atoms with E-state index in [0.29, 0.717) is 0 Å². The summed E-state index contributed by atoms with van der Waals surface area (Å²) in [6, 6.07) is 8.32. The molecule has 114 valence electrons. The second kappa shape index (κ2) is 5.74. The van der Waals surface area contributed by atoms with Crippen molar-refractivity contribution >= 4 is 29.3 Å². The summed E-state index contributed by atoms with van der Waals surface area (Å²) in [5, 5.41) is 0. The van der Waals surface area contributed by atoms with Crippen molar-refractivity contribution in [2.24, 2.45) is 0 Å². The van der Waals surface area contributed by atoms with E-state index < -0.39 is 0 Å². The third-order valence-corrected chi connectivity index (χ3v) is 5.42. The van der Waals surface area contributed by atoms with Gasteiger partial charge in [0.05, 0.1) is 10.6 Å². The number of fused-ring (bicyclic) bond motifs is 1. The molecule has 0 unspecified atom stereocenters. The largest absolute Gasteiger partial charge is 0.340 e. The lowest BCUT2D eigenvalue weighted by molar-refractivity contribution is -0.111. The molecule has 2 heterocycles. The van der Waals surface area contributed by atoms with E-state index in [1.165, 1.54) is 11.3 Å². The molecule has 0 aromatic heterocycles. The molecule has 3 aliphatic rings. The van der Waals surface area contributed by atoms with Crippen LogP contribution in [-0.2, 0) is 4.79 Å². The van der Waals surface area contributed by atoms with Crippen LogP contribution in [0.25, 0.3) is 6.08 Å². The summed E-state index contributed by atoms with van der Waals surface area (Å²) in [5.74, 6) is 0.144. The Hall–Kier alpha value is -2.26. The number of rotatable bonds is 1. The zero-order valence-corrected chi connectivity index (χ0v) is 13.8. The highest BCUT2D eigenvalue weighted by Crippen LogP contribution is 2.45. The Kier molecular flexibility index (Phi) is 3.58. The number of allylic oxidation sites excluding steroid dienone is 7. The van der Waals surface area contributed by atoms with Gasteiger partial charge in [0.1, 0.15) is 0 Å². The van der Waals surface area contributed by atoms with E-state index in [-0.39, 0.29) is 5.78 Å². The molecule has 0 spiro atoms. The van der Waals surface area contributed by atoms with Crippen LogP contribution in [0.3, 0.4) is 0 Å². The smallest absolute Gasteiger partial charge is 0.202 e. The van der Waals surface area contributed by atoms with Crippen LogP contribution >= 0.6 is 11.8 Å². The molecule has 0 saturated carbocycles. The molecule has 0 radical (unpaired) electrons. The molecule has 1 aliphatic carbocycles. The maximum absolute atomic E-state index is 12.9. The number of para-hydroxylation sites is 1. The van der Waals surface area contributed by atoms with Crippen LogP contribution in [0.4, 0.5) is 5.69 Å². The predicted octanol–water partition coefficient (Wildman–Crippen LogP) is 4.84. The van der Waals surface area contributed by atoms with E-state index in [2.05, 4.69) is 54.3 Å². The number of Topliss-reactive ketones (excluding diaryl/α,β-unsaturated/α-hetero) is 1. The number of carbonyl (C=O) groups excluding carboxylic acids is 1. The Morgan fingerprint density at radius 3 is 2.78 bits per heavy atom. The van der Waals surface area contributed by atoms with Crippen molar-refractivity contribution in [3.8, 4) is 0 Å². The van der Waals surface area contributed by atoms with Gasteiger partial charge in [-0.2, -0.15) is 0 Å². The van der Waals surface area contributed by atoms with Crippen LogP contribution < -0.4 is 4.90 Å². The zero-order valence-electron chi connectivity index (χ0n) is 13.0. The van der Waals surface area contributed by atoms with Gasteiger partial charge in [-0.15, -0.1) is 0 Å². The fraction of sp³-hybridized carbons (Fsp3) is 0.150. The van der Waals surface area contributed by atoms with Crippen molar-refractivity contribution in [1.29, 1.82) is 0 Å². The van der Waals surface area contributed by atoms with Crippen molar-refractivity contribution in [3.63, 3.8) is 0 Å². The molecule has 2 nitrogen and oxygen atoms in total. The van der Waals surface area contributed by atoms with Crippen LogP contribution in [0.2, 0.25) is 0 Å². The molecule has 1 aromatic carbocycles. The average Bonchev–Trinajstić information content (AvgIpc) is 2.76. The van der Waals surface area contributed by atoms with Gasteiger partial charge in [-0.25, -0.2) is 0 Å². The Bertz CT molecular complexity index is 839. The third kappa shape index (κ3) is 2.32. The van der Waals surface area contributed by atoms with E-state index >= 15 is 0 Å². The maximum Gasteiger partial charge on any atom is 0.202 e. The zero-order chi connectivity index (χ0) is 15.8. The van der Waals surface area contributed by atoms with Gasteiger partial charge >= 0.3 is 0 Å². The van der Waals surface area contributed by atoms with Crippen LogP contribution in [-0.4, -0.2) is 12.3 Å². The van der Waals surface area contributed by atoms with Crippen LogP contribution in [0.15, 0.2) is 75.7 Å². The van der Waals surface area contributed by atoms with E-state index in [0.717, 1.165) is 34.0 Å². The fourth-order valence-electron chi connectivity index (χ4n) is 3.14. The lowest BCUT2D eigenvalue weighted by atomic mass is 10.0. The number of anilines is 1. The molecule has 0 saturated heterocycles. The van der Waals surface area contributed by atoms with E-state index in [1.54, 1.807) is 11.8 Å². The SMILES string of the molecule is CCN1/C(=C2\SC3=C(C=CCC=C3)C2=O)C=Cc2ccccc21. The number of benzene rings is 1. The predicted molar refractivity (Wildman–Crippen MR) is 98.0 cm³/mol. The van der Waals surface area contributed by atoms with Crippen molar-refractivity contribution in [2.75, 3.05) is 11.4 Å². The van der Waals surface area contributed by atoms with Gasteiger partial charge in [-0.3, -0.25) is 4.79 Å². The molecule has 0 amide bonds. The summed E-state index contributed by atoms with van der Waals surface area (Å²) in [6.07, 6.45) is 13.3. The minimum Gasteiger partial charge on any atom is -0.340 e. The van der Waals surface area contributed by atoms with Crippen molar-refractivity contribution in [3.05, 3.63) is 81.3 Å². The van der Waals surface area contributed by atoms with Crippen LogP contribution in [0.1, 0.15) is 18.9 Å². The number of carbonyl (C=O) groups is 1. The minimum absolute atomic E-state index is 0.144. The first-order valence-corrected chi connectivity index (χ1v) is 8.70. The summed E-state index contributed by atoms with van der Waals surface area (Å²) < 4.78 is 0. The van der Waals surface area contributed by atoms with Crippen molar-refractivity contribution in [2.45, 2.75) is 13.3 Å². The van der Waals surface area contributed by atoms with Crippen molar-refractivity contribution < 1.29 is 4.79 Å². The van der Waals surface area contributed by atoms with Gasteiger partial charge in [0.2, 0.25) is 5.78 Å². The second-order valence-corrected chi connectivity index (χ2v) is 6.65. The van der Waals surface area contributed by atoms with Crippen molar-refractivity contribution in [1.82, 2.24) is 0 Å². The molecule has 0 N–H and O–H groups in total. The summed E-state index contributed by atoms with van der Waals surface area (Å²) in [7, 11) is 0. The molecular formula is C20H17NOS. The number of hydrogen-bond donors (Lipinski definition) is 0. The lowest BCUT2D eigenvalue weighted by Gasteiger charge is -2.30. The first kappa shape index (κ1) is 14.3. The molecule has 0 fully saturated rings. The van der Waals surface area contributed by atoms with Gasteiger partial charge in [-0.05, 0) is 31.1 Å². The Morgan fingerprint density at radius 1 is 1.09 bits per heavy atom. The average molecular weight is 319 g/mol. The van der Waals surface area contributed by atoms with Gasteiger partial charge in [0.15, 0.2) is 0 Å². The summed E-state index contributed by atoms with van der Waals surface area (Å²) >= 11 is 1.60. The molecule has 1 aromatic rings. The quantitative estimate of drug-likeness (QED) is 0.691. The first-order chi connectivity index (χ1) is 11.3. The standard InChI is InChI=1S/C20H17NOS/c1-2-21-16-10-7-6-8-14(16)12-13-17(21)20-19(22)15-9-4-3-5-11-18(15)23-20/h4-13H,2-3H2,1H3/b20-17-. The monoisotopic (exact) mass is 319 g/mol. The lowest BCUT2D eigenvalue weighted by Crippen LogP contribution is -2.25. The molecule has 0 bridgehead atoms. The third-order valence-electron chi connectivity index (χ3n) is 4.24. The number of likely N-dealkylation sites (N-methyl/N-ethyl adjacent to an activating group) is 1. The van der Waals surface area contributed by atoms with E-state index in [9.17, 15) is 4.79 Å². The Labute approximate surface area is 140 Å².